The molecule has 0 unspecified atom stereocenters. The van der Waals surface area contributed by atoms with Crippen molar-refractivity contribution >= 4 is 32.5 Å². The van der Waals surface area contributed by atoms with E-state index < -0.39 is 9.84 Å². The monoisotopic (exact) mass is 382 g/mol. The molecule has 3 aromatic heterocycles. The van der Waals surface area contributed by atoms with Crippen LogP contribution in [0.4, 0.5) is 0 Å². The molecule has 0 aliphatic heterocycles. The molecule has 0 saturated heterocycles. The summed E-state index contributed by atoms with van der Waals surface area (Å²) < 4.78 is 30.6. The van der Waals surface area contributed by atoms with E-state index in [1.54, 1.807) is 6.92 Å². The zero-order chi connectivity index (χ0) is 17.2. The van der Waals surface area contributed by atoms with E-state index >= 15 is 0 Å². The normalized spacial score (nSPS) is 11.9. The molecule has 5 nitrogen and oxygen atoms in total. The predicted octanol–water partition coefficient (Wildman–Crippen LogP) is 4.24. The van der Waals surface area contributed by atoms with Crippen LogP contribution in [0.5, 0.6) is 0 Å². The first kappa shape index (κ1) is 17.3. The van der Waals surface area contributed by atoms with E-state index in [0.717, 1.165) is 22.7 Å². The molecule has 0 amide bonds. The molecule has 0 N–H and O–H groups in total. The number of aryl methyl sites for hydroxylation is 2. The SMILES string of the molecule is CCCc1nc(CS(=O)(=O)Cc2nc(-c3cccs3)oc2C)cs1. The quantitative estimate of drug-likeness (QED) is 0.611. The number of sulfone groups is 1. The first-order chi connectivity index (χ1) is 11.5. The molecule has 8 heteroatoms. The maximum absolute atomic E-state index is 12.5. The molecular formula is C16H18N2O3S3. The van der Waals surface area contributed by atoms with Crippen LogP contribution in [0.1, 0.15) is 35.5 Å². The number of hydrogen-bond donors (Lipinski definition) is 0. The third kappa shape index (κ3) is 4.12. The van der Waals surface area contributed by atoms with E-state index in [2.05, 4.69) is 16.9 Å². The van der Waals surface area contributed by atoms with Crippen molar-refractivity contribution in [1.29, 1.82) is 0 Å². The van der Waals surface area contributed by atoms with Gasteiger partial charge >= 0.3 is 0 Å². The summed E-state index contributed by atoms with van der Waals surface area (Å²) in [6.07, 6.45) is 1.89. The molecule has 3 aromatic rings. The summed E-state index contributed by atoms with van der Waals surface area (Å²) in [5.41, 5.74) is 1.09. The van der Waals surface area contributed by atoms with E-state index in [4.69, 9.17) is 4.42 Å². The Morgan fingerprint density at radius 2 is 2.04 bits per heavy atom. The highest BCUT2D eigenvalue weighted by Crippen LogP contribution is 2.27. The smallest absolute Gasteiger partial charge is 0.236 e. The van der Waals surface area contributed by atoms with Gasteiger partial charge in [0.1, 0.15) is 5.76 Å². The summed E-state index contributed by atoms with van der Waals surface area (Å²) in [5, 5.41) is 4.75. The Balaban J connectivity index is 1.74. The van der Waals surface area contributed by atoms with Gasteiger partial charge in [0.05, 0.1) is 32.8 Å². The minimum absolute atomic E-state index is 0.0617. The van der Waals surface area contributed by atoms with Gasteiger partial charge in [-0.2, -0.15) is 0 Å². The maximum Gasteiger partial charge on any atom is 0.236 e. The molecule has 0 saturated carbocycles. The third-order valence-electron chi connectivity index (χ3n) is 3.41. The Hall–Kier alpha value is -1.51. The lowest BCUT2D eigenvalue weighted by Crippen LogP contribution is -2.09. The Bertz CT molecular complexity index is 908. The average molecular weight is 383 g/mol. The van der Waals surface area contributed by atoms with Crippen molar-refractivity contribution < 1.29 is 12.8 Å². The summed E-state index contributed by atoms with van der Waals surface area (Å²) in [7, 11) is -3.34. The minimum Gasteiger partial charge on any atom is -0.440 e. The Morgan fingerprint density at radius 1 is 1.21 bits per heavy atom. The molecule has 128 valence electrons. The van der Waals surface area contributed by atoms with Crippen LogP contribution in [0.2, 0.25) is 0 Å². The van der Waals surface area contributed by atoms with Gasteiger partial charge in [-0.25, -0.2) is 18.4 Å². The first-order valence-electron chi connectivity index (χ1n) is 7.60. The van der Waals surface area contributed by atoms with E-state index in [9.17, 15) is 8.42 Å². The van der Waals surface area contributed by atoms with E-state index in [1.165, 1.54) is 22.7 Å². The van der Waals surface area contributed by atoms with E-state index in [1.807, 2.05) is 22.9 Å². The second-order valence-electron chi connectivity index (χ2n) is 5.51. The van der Waals surface area contributed by atoms with Crippen LogP contribution in [-0.4, -0.2) is 18.4 Å². The van der Waals surface area contributed by atoms with Crippen LogP contribution in [0.15, 0.2) is 27.3 Å². The number of oxazole rings is 1. The number of rotatable bonds is 7. The van der Waals surface area contributed by atoms with Crippen LogP contribution >= 0.6 is 22.7 Å². The third-order valence-corrected chi connectivity index (χ3v) is 6.68. The van der Waals surface area contributed by atoms with Gasteiger partial charge in [0.15, 0.2) is 9.84 Å². The molecule has 3 heterocycles. The zero-order valence-corrected chi connectivity index (χ0v) is 15.9. The van der Waals surface area contributed by atoms with E-state index in [-0.39, 0.29) is 11.5 Å². The van der Waals surface area contributed by atoms with Crippen molar-refractivity contribution in [3.05, 3.63) is 45.0 Å². The van der Waals surface area contributed by atoms with Crippen molar-refractivity contribution in [2.75, 3.05) is 0 Å². The number of thiazole rings is 1. The summed E-state index contributed by atoms with van der Waals surface area (Å²) in [6, 6.07) is 3.81. The van der Waals surface area contributed by atoms with Crippen molar-refractivity contribution in [3.8, 4) is 10.8 Å². The molecule has 0 spiro atoms. The fourth-order valence-corrected chi connectivity index (χ4v) is 5.34. The highest BCUT2D eigenvalue weighted by atomic mass is 32.2. The molecule has 0 bridgehead atoms. The van der Waals surface area contributed by atoms with E-state index in [0.29, 0.717) is 23.0 Å². The van der Waals surface area contributed by atoms with Gasteiger partial charge < -0.3 is 4.42 Å². The molecule has 0 aliphatic carbocycles. The highest BCUT2D eigenvalue weighted by Gasteiger charge is 2.21. The number of nitrogens with zero attached hydrogens (tertiary/aromatic N) is 2. The van der Waals surface area contributed by atoms with Crippen LogP contribution in [0.25, 0.3) is 10.8 Å². The highest BCUT2D eigenvalue weighted by molar-refractivity contribution is 7.89. The van der Waals surface area contributed by atoms with Gasteiger partial charge in [0.25, 0.3) is 0 Å². The van der Waals surface area contributed by atoms with Gasteiger partial charge in [-0.3, -0.25) is 0 Å². The van der Waals surface area contributed by atoms with Crippen LogP contribution < -0.4 is 0 Å². The molecule has 0 aromatic carbocycles. The van der Waals surface area contributed by atoms with Crippen LogP contribution in [0.3, 0.4) is 0 Å². The largest absolute Gasteiger partial charge is 0.440 e. The maximum atomic E-state index is 12.5. The standard InChI is InChI=1S/C16H18N2O3S3/c1-3-5-15-17-12(8-23-15)9-24(19,20)10-13-11(2)21-16(18-13)14-6-4-7-22-14/h4,6-8H,3,5,9-10H2,1-2H3. The Kier molecular flexibility index (Phi) is 5.17. The summed E-state index contributed by atoms with van der Waals surface area (Å²) in [4.78, 5) is 9.65. The van der Waals surface area contributed by atoms with Crippen molar-refractivity contribution in [2.45, 2.75) is 38.2 Å². The summed E-state index contributed by atoms with van der Waals surface area (Å²) in [6.45, 7) is 3.83. The topological polar surface area (TPSA) is 73.1 Å². The second-order valence-corrected chi connectivity index (χ2v) is 9.47. The first-order valence-corrected chi connectivity index (χ1v) is 11.2. The van der Waals surface area contributed by atoms with Gasteiger partial charge in [0.2, 0.25) is 5.89 Å². The minimum atomic E-state index is -3.34. The van der Waals surface area contributed by atoms with Crippen molar-refractivity contribution in [3.63, 3.8) is 0 Å². The molecule has 0 atom stereocenters. The fraction of sp³-hybridized carbons (Fsp3) is 0.375. The second kappa shape index (κ2) is 7.16. The summed E-state index contributed by atoms with van der Waals surface area (Å²) in [5.74, 6) is 0.834. The summed E-state index contributed by atoms with van der Waals surface area (Å²) >= 11 is 3.03. The fourth-order valence-electron chi connectivity index (χ4n) is 2.30. The zero-order valence-electron chi connectivity index (χ0n) is 13.5. The number of aromatic nitrogens is 2. The Labute approximate surface area is 149 Å². The molecule has 24 heavy (non-hydrogen) atoms. The average Bonchev–Trinajstić information content (AvgIpc) is 3.22. The molecule has 3 rings (SSSR count). The number of thiophene rings is 1. The molecular weight excluding hydrogens is 364 g/mol. The van der Waals surface area contributed by atoms with Gasteiger partial charge in [-0.05, 0) is 31.2 Å². The predicted molar refractivity (Wildman–Crippen MR) is 97.0 cm³/mol. The molecule has 0 radical (unpaired) electrons. The lowest BCUT2D eigenvalue weighted by molar-refractivity contribution is 0.541. The Morgan fingerprint density at radius 3 is 2.75 bits per heavy atom. The van der Waals surface area contributed by atoms with Crippen LogP contribution in [-0.2, 0) is 27.8 Å². The van der Waals surface area contributed by atoms with Gasteiger partial charge in [-0.15, -0.1) is 22.7 Å². The molecule has 0 aliphatic rings. The van der Waals surface area contributed by atoms with Crippen LogP contribution in [0, 0.1) is 6.92 Å². The van der Waals surface area contributed by atoms with Crippen molar-refractivity contribution in [1.82, 2.24) is 9.97 Å². The van der Waals surface area contributed by atoms with Gasteiger partial charge in [0, 0.05) is 5.38 Å². The number of hydrogen-bond acceptors (Lipinski definition) is 7. The van der Waals surface area contributed by atoms with Crippen molar-refractivity contribution in [2.24, 2.45) is 0 Å². The lowest BCUT2D eigenvalue weighted by Gasteiger charge is -2.00. The lowest BCUT2D eigenvalue weighted by atomic mass is 10.3. The molecule has 0 fully saturated rings. The van der Waals surface area contributed by atoms with Gasteiger partial charge in [-0.1, -0.05) is 13.0 Å².